The summed E-state index contributed by atoms with van der Waals surface area (Å²) in [7, 11) is 1.61. The zero-order chi connectivity index (χ0) is 19.4. The summed E-state index contributed by atoms with van der Waals surface area (Å²) in [6.07, 6.45) is 2.79. The first-order valence-electron chi connectivity index (χ1n) is 8.73. The van der Waals surface area contributed by atoms with Crippen LogP contribution in [0.5, 0.6) is 0 Å². The van der Waals surface area contributed by atoms with Gasteiger partial charge in [-0.15, -0.1) is 0 Å². The van der Waals surface area contributed by atoms with Gasteiger partial charge in [-0.3, -0.25) is 14.7 Å². The molecule has 1 aliphatic heterocycles. The predicted octanol–water partition coefficient (Wildman–Crippen LogP) is 2.65. The number of nitro benzene ring substituents is 1. The summed E-state index contributed by atoms with van der Waals surface area (Å²) >= 11 is 0. The smallest absolute Gasteiger partial charge is 0.351 e. The van der Waals surface area contributed by atoms with Gasteiger partial charge in [-0.2, -0.15) is 4.98 Å². The first-order valence-corrected chi connectivity index (χ1v) is 8.73. The van der Waals surface area contributed by atoms with Gasteiger partial charge in [0.15, 0.2) is 0 Å². The molecule has 144 valence electrons. The summed E-state index contributed by atoms with van der Waals surface area (Å²) in [6.45, 7) is 2.27. The maximum atomic E-state index is 12.4. The molecule has 0 saturated carbocycles. The molecule has 1 unspecified atom stereocenters. The number of rotatable bonds is 7. The topological polar surface area (TPSA) is 109 Å². The van der Waals surface area contributed by atoms with Crippen LogP contribution in [0.1, 0.15) is 37.6 Å². The Morgan fingerprint density at radius 1 is 1.41 bits per heavy atom. The molecule has 0 radical (unpaired) electrons. The van der Waals surface area contributed by atoms with Crippen molar-refractivity contribution in [2.45, 2.75) is 38.1 Å². The molecule has 2 aromatic rings. The van der Waals surface area contributed by atoms with E-state index in [0.29, 0.717) is 18.0 Å². The van der Waals surface area contributed by atoms with Crippen molar-refractivity contribution in [1.82, 2.24) is 9.55 Å². The fraction of sp³-hybridized carbons (Fsp3) is 0.444. The highest BCUT2D eigenvalue weighted by Crippen LogP contribution is 2.28. The van der Waals surface area contributed by atoms with Gasteiger partial charge in [0.25, 0.3) is 5.69 Å². The van der Waals surface area contributed by atoms with Crippen LogP contribution in [0.3, 0.4) is 0 Å². The van der Waals surface area contributed by atoms with E-state index in [9.17, 15) is 14.9 Å². The second kappa shape index (κ2) is 8.28. The molecule has 1 aromatic carbocycles. The molecule has 3 rings (SSSR count). The highest BCUT2D eigenvalue weighted by molar-refractivity contribution is 5.46. The Hall–Kier alpha value is -2.78. The van der Waals surface area contributed by atoms with E-state index in [1.807, 2.05) is 0 Å². The van der Waals surface area contributed by atoms with Crippen molar-refractivity contribution in [3.05, 3.63) is 62.7 Å². The van der Waals surface area contributed by atoms with Crippen molar-refractivity contribution in [3.8, 4) is 0 Å². The van der Waals surface area contributed by atoms with E-state index < -0.39 is 10.6 Å². The first kappa shape index (κ1) is 19.0. The summed E-state index contributed by atoms with van der Waals surface area (Å²) in [4.78, 5) is 27.2. The molecule has 1 aliphatic rings. The Bertz CT molecular complexity index is 869. The monoisotopic (exact) mass is 374 g/mol. The maximum absolute atomic E-state index is 12.4. The number of nitro groups is 1. The minimum Gasteiger partial charge on any atom is -0.382 e. The van der Waals surface area contributed by atoms with Crippen LogP contribution in [0.25, 0.3) is 0 Å². The van der Waals surface area contributed by atoms with Crippen LogP contribution in [0.4, 0.5) is 11.5 Å². The lowest BCUT2D eigenvalue weighted by Crippen LogP contribution is -2.28. The van der Waals surface area contributed by atoms with Crippen molar-refractivity contribution < 1.29 is 14.4 Å². The summed E-state index contributed by atoms with van der Waals surface area (Å²) in [6, 6.07) is 7.76. The summed E-state index contributed by atoms with van der Waals surface area (Å²) in [5.41, 5.74) is 0.113. The van der Waals surface area contributed by atoms with Crippen LogP contribution in [-0.2, 0) is 9.47 Å². The molecular weight excluding hydrogens is 352 g/mol. The highest BCUT2D eigenvalue weighted by Gasteiger charge is 2.27. The predicted molar refractivity (Wildman–Crippen MR) is 98.7 cm³/mol. The maximum Gasteiger partial charge on any atom is 0.351 e. The quantitative estimate of drug-likeness (QED) is 0.586. The van der Waals surface area contributed by atoms with Crippen LogP contribution in [0, 0.1) is 10.1 Å². The minimum absolute atomic E-state index is 0.0226. The van der Waals surface area contributed by atoms with Gasteiger partial charge < -0.3 is 14.8 Å². The molecule has 2 heterocycles. The molecule has 1 aromatic heterocycles. The molecule has 1 saturated heterocycles. The number of hydrogen-bond acceptors (Lipinski definition) is 7. The van der Waals surface area contributed by atoms with Crippen LogP contribution in [0.2, 0.25) is 0 Å². The zero-order valence-electron chi connectivity index (χ0n) is 15.2. The Morgan fingerprint density at radius 3 is 2.89 bits per heavy atom. The van der Waals surface area contributed by atoms with Crippen molar-refractivity contribution in [1.29, 1.82) is 0 Å². The molecule has 0 aliphatic carbocycles. The molecular formula is C18H22N4O5. The number of methoxy groups -OCH3 is 1. The van der Waals surface area contributed by atoms with E-state index >= 15 is 0 Å². The molecule has 0 spiro atoms. The third kappa shape index (κ3) is 4.32. The molecule has 0 bridgehead atoms. The normalized spacial score (nSPS) is 20.4. The van der Waals surface area contributed by atoms with Crippen LogP contribution < -0.4 is 11.0 Å². The molecule has 27 heavy (non-hydrogen) atoms. The summed E-state index contributed by atoms with van der Waals surface area (Å²) in [5, 5.41) is 14.2. The van der Waals surface area contributed by atoms with Gasteiger partial charge in [-0.05, 0) is 25.8 Å². The van der Waals surface area contributed by atoms with Gasteiger partial charge in [-0.1, -0.05) is 18.2 Å². The van der Waals surface area contributed by atoms with E-state index in [2.05, 4.69) is 10.3 Å². The Morgan fingerprint density at radius 2 is 2.19 bits per heavy atom. The molecule has 1 N–H and O–H groups in total. The Kier molecular flexibility index (Phi) is 5.82. The first-order chi connectivity index (χ1) is 13.0. The fourth-order valence-corrected chi connectivity index (χ4v) is 3.23. The average molecular weight is 374 g/mol. The van der Waals surface area contributed by atoms with E-state index in [1.54, 1.807) is 44.5 Å². The van der Waals surface area contributed by atoms with Crippen molar-refractivity contribution in [2.24, 2.45) is 0 Å². The lowest BCUT2D eigenvalue weighted by molar-refractivity contribution is -0.385. The SMILES string of the molecule is COC[C@@H]1CC[C@H](n2ccc(NC(C)c3ccccc3[N+](=O)[O-])nc2=O)O1. The van der Waals surface area contributed by atoms with Gasteiger partial charge in [0, 0.05) is 19.4 Å². The summed E-state index contributed by atoms with van der Waals surface area (Å²) < 4.78 is 12.3. The fourth-order valence-electron chi connectivity index (χ4n) is 3.23. The minimum atomic E-state index is -0.433. The van der Waals surface area contributed by atoms with Crippen LogP contribution in [0.15, 0.2) is 41.3 Å². The van der Waals surface area contributed by atoms with E-state index in [-0.39, 0.29) is 24.1 Å². The van der Waals surface area contributed by atoms with E-state index in [1.165, 1.54) is 10.6 Å². The number of anilines is 1. The Labute approximate surface area is 156 Å². The third-order valence-corrected chi connectivity index (χ3v) is 4.54. The molecule has 3 atom stereocenters. The number of aromatic nitrogens is 2. The molecule has 1 fully saturated rings. The largest absolute Gasteiger partial charge is 0.382 e. The van der Waals surface area contributed by atoms with E-state index in [0.717, 1.165) is 12.8 Å². The lowest BCUT2D eigenvalue weighted by atomic mass is 10.1. The van der Waals surface area contributed by atoms with Crippen molar-refractivity contribution in [2.75, 3.05) is 19.0 Å². The molecule has 0 amide bonds. The van der Waals surface area contributed by atoms with Crippen LogP contribution >= 0.6 is 0 Å². The van der Waals surface area contributed by atoms with Crippen LogP contribution in [-0.4, -0.2) is 34.3 Å². The number of nitrogens with zero attached hydrogens (tertiary/aromatic N) is 3. The second-order valence-corrected chi connectivity index (χ2v) is 6.43. The zero-order valence-corrected chi connectivity index (χ0v) is 15.2. The number of ether oxygens (including phenoxy) is 2. The second-order valence-electron chi connectivity index (χ2n) is 6.43. The van der Waals surface area contributed by atoms with E-state index in [4.69, 9.17) is 9.47 Å². The van der Waals surface area contributed by atoms with Gasteiger partial charge in [0.1, 0.15) is 12.0 Å². The average Bonchev–Trinajstić information content (AvgIpc) is 3.10. The van der Waals surface area contributed by atoms with Gasteiger partial charge in [-0.25, -0.2) is 4.79 Å². The van der Waals surface area contributed by atoms with Gasteiger partial charge in [0.2, 0.25) is 0 Å². The lowest BCUT2D eigenvalue weighted by Gasteiger charge is -2.17. The summed E-state index contributed by atoms with van der Waals surface area (Å²) in [5.74, 6) is 0.355. The number of nitrogens with one attached hydrogen (secondary N) is 1. The molecule has 9 heteroatoms. The third-order valence-electron chi connectivity index (χ3n) is 4.54. The van der Waals surface area contributed by atoms with Crippen molar-refractivity contribution >= 4 is 11.5 Å². The highest BCUT2D eigenvalue weighted by atomic mass is 16.6. The van der Waals surface area contributed by atoms with Crippen molar-refractivity contribution in [3.63, 3.8) is 0 Å². The van der Waals surface area contributed by atoms with Gasteiger partial charge >= 0.3 is 5.69 Å². The standard InChI is InChI=1S/C18H22N4O5/c1-12(14-5-3-4-6-15(14)22(24)25)19-16-9-10-21(18(23)20-16)17-8-7-13(27-17)11-26-2/h3-6,9-10,12-13,17H,7-8,11H2,1-2H3,(H,19,20,23)/t12?,13-,17+/m0/s1. The Balaban J connectivity index is 1.73. The number of hydrogen-bond donors (Lipinski definition) is 1. The number of benzene rings is 1. The molecule has 9 nitrogen and oxygen atoms in total. The van der Waals surface area contributed by atoms with Gasteiger partial charge in [0.05, 0.1) is 29.2 Å². The number of para-hydroxylation sites is 1.